The maximum atomic E-state index is 12.9. The Kier molecular flexibility index (Phi) is 3.65. The van der Waals surface area contributed by atoms with E-state index in [0.717, 1.165) is 23.6 Å². The lowest BCUT2D eigenvalue weighted by molar-refractivity contribution is -0.136. The van der Waals surface area contributed by atoms with Gasteiger partial charge < -0.3 is 9.47 Å². The molecule has 0 spiro atoms. The van der Waals surface area contributed by atoms with Crippen molar-refractivity contribution in [3.63, 3.8) is 0 Å². The fourth-order valence-corrected chi connectivity index (χ4v) is 3.27. The minimum Gasteiger partial charge on any atom is -0.328 e. The second-order valence-electron chi connectivity index (χ2n) is 6.08. The highest BCUT2D eigenvalue weighted by Crippen LogP contribution is 2.30. The fourth-order valence-electron chi connectivity index (χ4n) is 3.27. The monoisotopic (exact) mass is 321 g/mol. The molecule has 2 aromatic heterocycles. The summed E-state index contributed by atoms with van der Waals surface area (Å²) in [4.78, 5) is 19.3. The van der Waals surface area contributed by atoms with Crippen LogP contribution >= 0.6 is 0 Å². The molecular weight excluding hydrogens is 302 g/mol. The maximum Gasteiger partial charge on any atom is 0.245 e. The number of rotatable bonds is 3. The van der Waals surface area contributed by atoms with Crippen LogP contribution in [-0.2, 0) is 24.4 Å². The number of hydrogen-bond acceptors (Lipinski definition) is 3. The molecule has 1 amide bonds. The van der Waals surface area contributed by atoms with Crippen LogP contribution in [0.5, 0.6) is 0 Å². The van der Waals surface area contributed by atoms with Gasteiger partial charge in [0.15, 0.2) is 0 Å². The third-order valence-electron chi connectivity index (χ3n) is 4.54. The van der Waals surface area contributed by atoms with Crippen LogP contribution in [0, 0.1) is 6.92 Å². The Morgan fingerprint density at radius 3 is 2.83 bits per heavy atom. The SMILES string of the molecule is Cc1cnc2n1C[C@@H](c1ccccc1)N(C(=O)Cn1cccn1)C2. The normalized spacial score (nSPS) is 16.9. The molecule has 24 heavy (non-hydrogen) atoms. The summed E-state index contributed by atoms with van der Waals surface area (Å²) in [6, 6.07) is 12.0. The van der Waals surface area contributed by atoms with Gasteiger partial charge in [-0.3, -0.25) is 9.48 Å². The quantitative estimate of drug-likeness (QED) is 0.743. The number of hydrogen-bond donors (Lipinski definition) is 0. The molecule has 0 aliphatic carbocycles. The number of aromatic nitrogens is 4. The molecule has 3 heterocycles. The van der Waals surface area contributed by atoms with E-state index in [-0.39, 0.29) is 18.5 Å². The molecule has 6 heteroatoms. The Balaban J connectivity index is 1.67. The Morgan fingerprint density at radius 2 is 2.08 bits per heavy atom. The smallest absolute Gasteiger partial charge is 0.245 e. The number of aryl methyl sites for hydroxylation is 1. The summed E-state index contributed by atoms with van der Waals surface area (Å²) in [5.41, 5.74) is 2.27. The van der Waals surface area contributed by atoms with Crippen molar-refractivity contribution in [3.05, 3.63) is 72.1 Å². The fraction of sp³-hybridized carbons (Fsp3) is 0.278. The number of carbonyl (C=O) groups is 1. The van der Waals surface area contributed by atoms with Crippen LogP contribution < -0.4 is 0 Å². The Morgan fingerprint density at radius 1 is 1.25 bits per heavy atom. The second kappa shape index (κ2) is 5.96. The van der Waals surface area contributed by atoms with Crippen molar-refractivity contribution >= 4 is 5.91 Å². The predicted molar refractivity (Wildman–Crippen MR) is 88.9 cm³/mol. The first-order valence-electron chi connectivity index (χ1n) is 8.05. The summed E-state index contributed by atoms with van der Waals surface area (Å²) in [6.45, 7) is 3.55. The van der Waals surface area contributed by atoms with Crippen LogP contribution in [0.3, 0.4) is 0 Å². The molecule has 0 N–H and O–H groups in total. The molecule has 3 aromatic rings. The van der Waals surface area contributed by atoms with Gasteiger partial charge in [0.25, 0.3) is 0 Å². The van der Waals surface area contributed by atoms with Crippen molar-refractivity contribution in [1.29, 1.82) is 0 Å². The third kappa shape index (κ3) is 2.60. The highest BCUT2D eigenvalue weighted by Gasteiger charge is 2.32. The highest BCUT2D eigenvalue weighted by molar-refractivity contribution is 5.76. The molecule has 0 saturated heterocycles. The lowest BCUT2D eigenvalue weighted by Crippen LogP contribution is -2.43. The molecule has 6 nitrogen and oxygen atoms in total. The van der Waals surface area contributed by atoms with Crippen molar-refractivity contribution in [2.45, 2.75) is 32.6 Å². The number of benzene rings is 1. The van der Waals surface area contributed by atoms with E-state index >= 15 is 0 Å². The number of amides is 1. The van der Waals surface area contributed by atoms with E-state index in [4.69, 9.17) is 0 Å². The van der Waals surface area contributed by atoms with Crippen LogP contribution in [0.1, 0.15) is 23.1 Å². The minimum atomic E-state index is 0.00895. The first-order chi connectivity index (χ1) is 11.7. The van der Waals surface area contributed by atoms with Crippen molar-refractivity contribution in [2.75, 3.05) is 0 Å². The third-order valence-corrected chi connectivity index (χ3v) is 4.54. The Bertz CT molecular complexity index is 838. The van der Waals surface area contributed by atoms with Gasteiger partial charge in [0, 0.05) is 30.8 Å². The second-order valence-corrected chi connectivity index (χ2v) is 6.08. The molecule has 1 aliphatic heterocycles. The molecule has 0 fully saturated rings. The van der Waals surface area contributed by atoms with Gasteiger partial charge in [-0.2, -0.15) is 5.10 Å². The van der Waals surface area contributed by atoms with E-state index in [1.807, 2.05) is 41.6 Å². The average molecular weight is 321 g/mol. The molecule has 0 saturated carbocycles. The molecule has 1 aromatic carbocycles. The lowest BCUT2D eigenvalue weighted by Gasteiger charge is -2.37. The first kappa shape index (κ1) is 14.7. The zero-order valence-corrected chi connectivity index (χ0v) is 13.5. The number of carbonyl (C=O) groups excluding carboxylic acids is 1. The van der Waals surface area contributed by atoms with Gasteiger partial charge in [-0.25, -0.2) is 4.98 Å². The standard InChI is InChI=1S/C18H19N5O/c1-14-10-19-17-12-23(18(24)13-21-9-5-8-20-21)16(11-22(14)17)15-6-3-2-4-7-15/h2-10,16H,11-13H2,1H3/t16-/m0/s1. The van der Waals surface area contributed by atoms with E-state index in [2.05, 4.69) is 33.7 Å². The van der Waals surface area contributed by atoms with Crippen LogP contribution in [0.4, 0.5) is 0 Å². The van der Waals surface area contributed by atoms with Gasteiger partial charge in [0.1, 0.15) is 12.4 Å². The maximum absolute atomic E-state index is 12.9. The van der Waals surface area contributed by atoms with Crippen molar-refractivity contribution in [3.8, 4) is 0 Å². The summed E-state index contributed by atoms with van der Waals surface area (Å²) in [6.07, 6.45) is 5.37. The zero-order valence-electron chi connectivity index (χ0n) is 13.5. The predicted octanol–water partition coefficient (Wildman–Crippen LogP) is 2.17. The van der Waals surface area contributed by atoms with E-state index in [1.165, 1.54) is 0 Å². The molecule has 1 atom stereocenters. The first-order valence-corrected chi connectivity index (χ1v) is 8.05. The number of nitrogens with zero attached hydrogens (tertiary/aromatic N) is 5. The molecule has 0 unspecified atom stereocenters. The van der Waals surface area contributed by atoms with Gasteiger partial charge in [0.05, 0.1) is 12.6 Å². The molecular formula is C18H19N5O. The van der Waals surface area contributed by atoms with E-state index < -0.39 is 0 Å². The van der Waals surface area contributed by atoms with Crippen molar-refractivity contribution in [1.82, 2.24) is 24.2 Å². The number of fused-ring (bicyclic) bond motifs is 1. The highest BCUT2D eigenvalue weighted by atomic mass is 16.2. The van der Waals surface area contributed by atoms with Crippen molar-refractivity contribution in [2.24, 2.45) is 0 Å². The molecule has 0 radical (unpaired) electrons. The van der Waals surface area contributed by atoms with Gasteiger partial charge in [-0.05, 0) is 18.6 Å². The summed E-state index contributed by atoms with van der Waals surface area (Å²) in [7, 11) is 0. The molecule has 1 aliphatic rings. The Hall–Kier alpha value is -2.89. The molecule has 122 valence electrons. The zero-order chi connectivity index (χ0) is 16.5. The van der Waals surface area contributed by atoms with Crippen LogP contribution in [0.2, 0.25) is 0 Å². The largest absolute Gasteiger partial charge is 0.328 e. The van der Waals surface area contributed by atoms with Gasteiger partial charge in [0.2, 0.25) is 5.91 Å². The molecule has 4 rings (SSSR count). The van der Waals surface area contributed by atoms with E-state index in [1.54, 1.807) is 10.9 Å². The summed E-state index contributed by atoms with van der Waals surface area (Å²) >= 11 is 0. The van der Waals surface area contributed by atoms with Gasteiger partial charge in [-0.15, -0.1) is 0 Å². The summed E-state index contributed by atoms with van der Waals surface area (Å²) in [5, 5.41) is 4.15. The van der Waals surface area contributed by atoms with E-state index in [9.17, 15) is 4.79 Å². The summed E-state index contributed by atoms with van der Waals surface area (Å²) < 4.78 is 3.87. The minimum absolute atomic E-state index is 0.00895. The van der Waals surface area contributed by atoms with Crippen LogP contribution in [-0.4, -0.2) is 30.1 Å². The Labute approximate surface area is 140 Å². The van der Waals surface area contributed by atoms with Crippen LogP contribution in [0.15, 0.2) is 55.0 Å². The average Bonchev–Trinajstić information content (AvgIpc) is 3.24. The molecule has 0 bridgehead atoms. The summed E-state index contributed by atoms with van der Waals surface area (Å²) in [5.74, 6) is 0.993. The topological polar surface area (TPSA) is 56.0 Å². The van der Waals surface area contributed by atoms with E-state index in [0.29, 0.717) is 6.54 Å². The van der Waals surface area contributed by atoms with Gasteiger partial charge >= 0.3 is 0 Å². The van der Waals surface area contributed by atoms with Crippen LogP contribution in [0.25, 0.3) is 0 Å². The van der Waals surface area contributed by atoms with Gasteiger partial charge in [-0.1, -0.05) is 30.3 Å². The van der Waals surface area contributed by atoms with Crippen molar-refractivity contribution < 1.29 is 4.79 Å². The lowest BCUT2D eigenvalue weighted by atomic mass is 10.0. The number of imidazole rings is 1.